The van der Waals surface area contributed by atoms with E-state index in [1.807, 2.05) is 12.1 Å². The maximum absolute atomic E-state index is 6.13. The van der Waals surface area contributed by atoms with Gasteiger partial charge < -0.3 is 20.8 Å². The third-order valence-electron chi connectivity index (χ3n) is 4.28. The van der Waals surface area contributed by atoms with Crippen LogP contribution in [0.5, 0.6) is 0 Å². The van der Waals surface area contributed by atoms with Crippen LogP contribution in [-0.2, 0) is 11.2 Å². The molecule has 0 fully saturated rings. The summed E-state index contributed by atoms with van der Waals surface area (Å²) in [6.07, 6.45) is 1.80. The van der Waals surface area contributed by atoms with Gasteiger partial charge in [-0.2, -0.15) is 0 Å². The van der Waals surface area contributed by atoms with Crippen molar-refractivity contribution in [2.45, 2.75) is 39.2 Å². The van der Waals surface area contributed by atoms with E-state index in [2.05, 4.69) is 42.1 Å². The summed E-state index contributed by atoms with van der Waals surface area (Å²) in [5, 5.41) is 4.31. The number of nitrogens with one attached hydrogen (secondary N) is 2. The average Bonchev–Trinajstić information content (AvgIpc) is 2.97. The number of fused-ring (bicyclic) bond motifs is 3. The van der Waals surface area contributed by atoms with Gasteiger partial charge >= 0.3 is 0 Å². The van der Waals surface area contributed by atoms with Crippen LogP contribution in [0.25, 0.3) is 21.9 Å². The fourth-order valence-corrected chi connectivity index (χ4v) is 2.88. The van der Waals surface area contributed by atoms with Gasteiger partial charge in [-0.15, -0.1) is 0 Å². The zero-order valence-electron chi connectivity index (χ0n) is 14.7. The Morgan fingerprint density at radius 1 is 1.29 bits per heavy atom. The maximum Gasteiger partial charge on any atom is 0.201 e. The molecule has 6 heteroatoms. The standard InChI is InChI=1S/C18H25N5O/c1-5-9-20-17-22-14-13-11(10-18(2,3)24-4)7-6-8-12(13)21-16(19)15(14)23-17/h6-8H,5,9-10H2,1-4H3,(H2,19,21)(H2,20,22,23). The number of benzene rings is 1. The molecule has 0 aliphatic rings. The molecule has 0 atom stereocenters. The molecular weight excluding hydrogens is 302 g/mol. The number of ether oxygens (including phenoxy) is 1. The van der Waals surface area contributed by atoms with Gasteiger partial charge in [-0.3, -0.25) is 0 Å². The van der Waals surface area contributed by atoms with Crippen molar-refractivity contribution in [3.63, 3.8) is 0 Å². The number of nitrogens with zero attached hydrogens (tertiary/aromatic N) is 2. The van der Waals surface area contributed by atoms with Gasteiger partial charge in [0.2, 0.25) is 5.95 Å². The molecule has 0 aliphatic heterocycles. The number of pyridine rings is 1. The van der Waals surface area contributed by atoms with Gasteiger partial charge in [-0.05, 0) is 31.9 Å². The molecule has 0 bridgehead atoms. The van der Waals surface area contributed by atoms with E-state index < -0.39 is 0 Å². The number of aromatic amines is 1. The van der Waals surface area contributed by atoms with Gasteiger partial charge in [0.05, 0.1) is 11.1 Å². The highest BCUT2D eigenvalue weighted by Gasteiger charge is 2.21. The van der Waals surface area contributed by atoms with E-state index in [4.69, 9.17) is 15.5 Å². The topological polar surface area (TPSA) is 88.9 Å². The van der Waals surface area contributed by atoms with Crippen molar-refractivity contribution in [3.05, 3.63) is 23.8 Å². The zero-order valence-corrected chi connectivity index (χ0v) is 14.7. The molecule has 3 rings (SSSR count). The number of aromatic nitrogens is 3. The number of nitrogens with two attached hydrogens (primary N) is 1. The summed E-state index contributed by atoms with van der Waals surface area (Å²) in [6.45, 7) is 7.12. The molecule has 0 radical (unpaired) electrons. The number of hydrogen-bond acceptors (Lipinski definition) is 5. The number of rotatable bonds is 6. The van der Waals surface area contributed by atoms with Crippen molar-refractivity contribution in [2.75, 3.05) is 24.7 Å². The summed E-state index contributed by atoms with van der Waals surface area (Å²) in [6, 6.07) is 6.08. The Morgan fingerprint density at radius 3 is 2.79 bits per heavy atom. The molecule has 0 spiro atoms. The largest absolute Gasteiger partial charge is 0.382 e. The van der Waals surface area contributed by atoms with Crippen LogP contribution < -0.4 is 11.1 Å². The van der Waals surface area contributed by atoms with E-state index in [1.165, 1.54) is 0 Å². The third kappa shape index (κ3) is 3.01. The van der Waals surface area contributed by atoms with Gasteiger partial charge in [0, 0.05) is 25.5 Å². The summed E-state index contributed by atoms with van der Waals surface area (Å²) in [4.78, 5) is 12.5. The number of H-pyrrole nitrogens is 1. The Labute approximate surface area is 141 Å². The summed E-state index contributed by atoms with van der Waals surface area (Å²) >= 11 is 0. The van der Waals surface area contributed by atoms with Gasteiger partial charge in [-0.1, -0.05) is 19.1 Å². The number of nitrogen functional groups attached to an aromatic ring is 1. The molecule has 2 aromatic heterocycles. The Bertz CT molecular complexity index is 869. The summed E-state index contributed by atoms with van der Waals surface area (Å²) in [5.41, 5.74) is 9.53. The van der Waals surface area contributed by atoms with Gasteiger partial charge in [0.25, 0.3) is 0 Å². The highest BCUT2D eigenvalue weighted by Crippen LogP contribution is 2.32. The van der Waals surface area contributed by atoms with Crippen LogP contribution in [0.1, 0.15) is 32.8 Å². The van der Waals surface area contributed by atoms with Crippen LogP contribution in [-0.4, -0.2) is 34.2 Å². The van der Waals surface area contributed by atoms with Crippen LogP contribution in [0.3, 0.4) is 0 Å². The van der Waals surface area contributed by atoms with E-state index in [9.17, 15) is 0 Å². The SMILES string of the molecule is CCCNc1nc2c([nH]1)c(N)nc1cccc(CC(C)(C)OC)c12. The highest BCUT2D eigenvalue weighted by molar-refractivity contribution is 6.08. The smallest absolute Gasteiger partial charge is 0.201 e. The molecule has 4 N–H and O–H groups in total. The normalized spacial score (nSPS) is 12.2. The van der Waals surface area contributed by atoms with Crippen molar-refractivity contribution < 1.29 is 4.74 Å². The van der Waals surface area contributed by atoms with Crippen molar-refractivity contribution in [2.24, 2.45) is 0 Å². The third-order valence-corrected chi connectivity index (χ3v) is 4.28. The van der Waals surface area contributed by atoms with Crippen LogP contribution in [0.15, 0.2) is 18.2 Å². The number of methoxy groups -OCH3 is 1. The van der Waals surface area contributed by atoms with Crippen molar-refractivity contribution in [1.29, 1.82) is 0 Å². The predicted molar refractivity (Wildman–Crippen MR) is 99.4 cm³/mol. The quantitative estimate of drug-likeness (QED) is 0.645. The van der Waals surface area contributed by atoms with Crippen LogP contribution >= 0.6 is 0 Å². The molecule has 0 saturated carbocycles. The predicted octanol–water partition coefficient (Wildman–Crippen LogP) is 3.48. The fourth-order valence-electron chi connectivity index (χ4n) is 2.88. The second-order valence-corrected chi connectivity index (χ2v) is 6.68. The van der Waals surface area contributed by atoms with Gasteiger partial charge in [-0.25, -0.2) is 9.97 Å². The summed E-state index contributed by atoms with van der Waals surface area (Å²) in [5.74, 6) is 1.20. The van der Waals surface area contributed by atoms with E-state index >= 15 is 0 Å². The molecule has 0 unspecified atom stereocenters. The Balaban J connectivity index is 2.21. The number of imidazole rings is 1. The van der Waals surface area contributed by atoms with E-state index in [1.54, 1.807) is 7.11 Å². The molecule has 0 amide bonds. The van der Waals surface area contributed by atoms with Crippen molar-refractivity contribution >= 4 is 33.7 Å². The molecule has 0 saturated heterocycles. The fraction of sp³-hybridized carbons (Fsp3) is 0.444. The molecule has 2 heterocycles. The molecule has 24 heavy (non-hydrogen) atoms. The highest BCUT2D eigenvalue weighted by atomic mass is 16.5. The zero-order chi connectivity index (χ0) is 17.3. The number of hydrogen-bond donors (Lipinski definition) is 3. The average molecular weight is 327 g/mol. The molecule has 3 aromatic rings. The number of anilines is 2. The first-order valence-electron chi connectivity index (χ1n) is 8.31. The van der Waals surface area contributed by atoms with Crippen LogP contribution in [0.4, 0.5) is 11.8 Å². The van der Waals surface area contributed by atoms with Crippen molar-refractivity contribution in [3.8, 4) is 0 Å². The molecule has 128 valence electrons. The first-order chi connectivity index (χ1) is 11.4. The van der Waals surface area contributed by atoms with E-state index in [0.29, 0.717) is 5.82 Å². The minimum Gasteiger partial charge on any atom is -0.382 e. The first-order valence-corrected chi connectivity index (χ1v) is 8.31. The van der Waals surface area contributed by atoms with Gasteiger partial charge in [0.15, 0.2) is 0 Å². The van der Waals surface area contributed by atoms with Gasteiger partial charge in [0.1, 0.15) is 16.9 Å². The summed E-state index contributed by atoms with van der Waals surface area (Å²) < 4.78 is 5.60. The van der Waals surface area contributed by atoms with E-state index in [0.717, 1.165) is 52.8 Å². The molecule has 0 aliphatic carbocycles. The second-order valence-electron chi connectivity index (χ2n) is 6.68. The second kappa shape index (κ2) is 6.28. The minimum atomic E-state index is -0.262. The molecule has 6 nitrogen and oxygen atoms in total. The first kappa shape index (κ1) is 16.5. The lowest BCUT2D eigenvalue weighted by atomic mass is 9.94. The van der Waals surface area contributed by atoms with Crippen LogP contribution in [0, 0.1) is 0 Å². The Hall–Kier alpha value is -2.34. The minimum absolute atomic E-state index is 0.262. The summed E-state index contributed by atoms with van der Waals surface area (Å²) in [7, 11) is 1.73. The monoisotopic (exact) mass is 327 g/mol. The lowest BCUT2D eigenvalue weighted by Gasteiger charge is -2.23. The van der Waals surface area contributed by atoms with E-state index in [-0.39, 0.29) is 5.60 Å². The van der Waals surface area contributed by atoms with Crippen molar-refractivity contribution in [1.82, 2.24) is 15.0 Å². The Kier molecular flexibility index (Phi) is 4.32. The lowest BCUT2D eigenvalue weighted by Crippen LogP contribution is -2.25. The molecule has 1 aromatic carbocycles. The van der Waals surface area contributed by atoms with Crippen LogP contribution in [0.2, 0.25) is 0 Å². The molecular formula is C18H25N5O. The lowest BCUT2D eigenvalue weighted by molar-refractivity contribution is 0.0235. The Morgan fingerprint density at radius 2 is 2.08 bits per heavy atom. The maximum atomic E-state index is 6.13.